The van der Waals surface area contributed by atoms with E-state index in [2.05, 4.69) is 16.9 Å². The van der Waals surface area contributed by atoms with Crippen molar-refractivity contribution in [3.8, 4) is 0 Å². The third-order valence-corrected chi connectivity index (χ3v) is 4.42. The molecule has 1 aliphatic carbocycles. The molecular weight excluding hydrogens is 305 g/mol. The lowest BCUT2D eigenvalue weighted by Crippen LogP contribution is -2.24. The van der Waals surface area contributed by atoms with Crippen LogP contribution in [0.1, 0.15) is 58.1 Å². The Morgan fingerprint density at radius 2 is 2.17 bits per heavy atom. The van der Waals surface area contributed by atoms with Crippen molar-refractivity contribution in [1.82, 2.24) is 9.55 Å². The van der Waals surface area contributed by atoms with Gasteiger partial charge in [0.25, 0.3) is 0 Å². The first-order valence-electron chi connectivity index (χ1n) is 8.43. The first-order valence-corrected chi connectivity index (χ1v) is 8.43. The predicted octanol–water partition coefficient (Wildman–Crippen LogP) is 4.92. The minimum atomic E-state index is -0.314. The number of anilines is 1. The van der Waals surface area contributed by atoms with Crippen molar-refractivity contribution in [2.45, 2.75) is 52.5 Å². The fourth-order valence-corrected chi connectivity index (χ4v) is 3.12. The molecule has 128 valence electrons. The smallest absolute Gasteiger partial charge is 0.227 e. The van der Waals surface area contributed by atoms with E-state index in [1.165, 1.54) is 12.1 Å². The van der Waals surface area contributed by atoms with Gasteiger partial charge in [0.05, 0.1) is 11.0 Å². The molecule has 3 rings (SSSR count). The van der Waals surface area contributed by atoms with Gasteiger partial charge in [-0.25, -0.2) is 9.37 Å². The number of nitrogens with zero attached hydrogens (tertiary/aromatic N) is 2. The topological polar surface area (TPSA) is 46.9 Å². The van der Waals surface area contributed by atoms with Gasteiger partial charge in [0.2, 0.25) is 11.9 Å². The van der Waals surface area contributed by atoms with Crippen LogP contribution in [0.3, 0.4) is 0 Å². The summed E-state index contributed by atoms with van der Waals surface area (Å²) in [7, 11) is 0. The highest BCUT2D eigenvalue weighted by atomic mass is 19.1. The molecule has 5 heteroatoms. The molecule has 1 N–H and O–H groups in total. The van der Waals surface area contributed by atoms with Crippen molar-refractivity contribution in [1.29, 1.82) is 0 Å². The average molecular weight is 329 g/mol. The number of aromatic nitrogens is 2. The summed E-state index contributed by atoms with van der Waals surface area (Å²) < 4.78 is 16.2. The number of halogens is 1. The summed E-state index contributed by atoms with van der Waals surface area (Å²) in [5.41, 5.74) is 1.75. The Hall–Kier alpha value is -2.17. The second-order valence-corrected chi connectivity index (χ2v) is 7.71. The van der Waals surface area contributed by atoms with Gasteiger partial charge in [0.1, 0.15) is 5.82 Å². The molecule has 24 heavy (non-hydrogen) atoms. The number of carbonyl (C=O) groups is 1. The monoisotopic (exact) mass is 329 g/mol. The van der Waals surface area contributed by atoms with Crippen LogP contribution in [0.5, 0.6) is 0 Å². The number of fused-ring (bicyclic) bond motifs is 1. The minimum absolute atomic E-state index is 0.0704. The Balaban J connectivity index is 2.07. The molecule has 1 aromatic carbocycles. The predicted molar refractivity (Wildman–Crippen MR) is 95.4 cm³/mol. The fourth-order valence-electron chi connectivity index (χ4n) is 3.12. The van der Waals surface area contributed by atoms with Crippen LogP contribution in [0.25, 0.3) is 17.1 Å². The van der Waals surface area contributed by atoms with Crippen molar-refractivity contribution < 1.29 is 9.18 Å². The van der Waals surface area contributed by atoms with E-state index in [4.69, 9.17) is 0 Å². The molecular formula is C19H24FN3O. The third kappa shape index (κ3) is 3.07. The second kappa shape index (κ2) is 6.04. The molecule has 1 aliphatic rings. The maximum atomic E-state index is 14.2. The summed E-state index contributed by atoms with van der Waals surface area (Å²) in [5, 5.41) is 2.93. The van der Waals surface area contributed by atoms with Crippen LogP contribution >= 0.6 is 0 Å². The number of hydrogen-bond donors (Lipinski definition) is 1. The highest BCUT2D eigenvalue weighted by Crippen LogP contribution is 2.39. The van der Waals surface area contributed by atoms with Gasteiger partial charge in [-0.15, -0.1) is 0 Å². The third-order valence-electron chi connectivity index (χ3n) is 4.42. The van der Waals surface area contributed by atoms with E-state index in [0.29, 0.717) is 23.4 Å². The molecule has 0 spiro atoms. The Morgan fingerprint density at radius 1 is 1.46 bits per heavy atom. The lowest BCUT2D eigenvalue weighted by Gasteiger charge is -2.29. The molecule has 1 aromatic heterocycles. The van der Waals surface area contributed by atoms with Gasteiger partial charge in [-0.05, 0) is 36.8 Å². The van der Waals surface area contributed by atoms with Gasteiger partial charge in [0, 0.05) is 18.0 Å². The summed E-state index contributed by atoms with van der Waals surface area (Å²) in [6.07, 6.45) is 5.10. The van der Waals surface area contributed by atoms with E-state index in [1.54, 1.807) is 6.07 Å². The fraction of sp³-hybridized carbons (Fsp3) is 0.474. The first-order chi connectivity index (χ1) is 11.3. The van der Waals surface area contributed by atoms with E-state index in [1.807, 2.05) is 25.3 Å². The Kier molecular flexibility index (Phi) is 4.20. The van der Waals surface area contributed by atoms with Crippen LogP contribution in [0.4, 0.5) is 10.3 Å². The highest BCUT2D eigenvalue weighted by molar-refractivity contribution is 5.94. The normalized spacial score (nSPS) is 15.3. The number of imidazole rings is 1. The maximum Gasteiger partial charge on any atom is 0.227 e. The maximum absolute atomic E-state index is 14.2. The molecule has 1 saturated carbocycles. The van der Waals surface area contributed by atoms with Crippen LogP contribution in [0.2, 0.25) is 0 Å². The molecule has 0 saturated heterocycles. The number of rotatable bonds is 4. The molecule has 1 heterocycles. The Morgan fingerprint density at radius 3 is 2.71 bits per heavy atom. The van der Waals surface area contributed by atoms with Crippen LogP contribution in [-0.2, 0) is 4.79 Å². The number of amides is 1. The van der Waals surface area contributed by atoms with Crippen molar-refractivity contribution in [3.63, 3.8) is 0 Å². The van der Waals surface area contributed by atoms with Crippen LogP contribution in [0, 0.1) is 11.2 Å². The second-order valence-electron chi connectivity index (χ2n) is 7.71. The van der Waals surface area contributed by atoms with Crippen molar-refractivity contribution >= 4 is 29.0 Å². The largest absolute Gasteiger partial charge is 0.306 e. The lowest BCUT2D eigenvalue weighted by atomic mass is 9.92. The van der Waals surface area contributed by atoms with Gasteiger partial charge in [-0.1, -0.05) is 33.4 Å². The lowest BCUT2D eigenvalue weighted by molar-refractivity contribution is -0.117. The molecule has 4 nitrogen and oxygen atoms in total. The standard InChI is InChI=1S/C19H24FN3O/c1-5-13-14(20)9-10-15-17(13)23(12-7-6-8-12)18(21-15)22-16(24)11-19(2,3)4/h5,9-10,12H,1,6-8,11H2,2-4H3,(H,21,22,24). The molecule has 0 atom stereocenters. The Bertz CT molecular complexity index is 797. The zero-order valence-electron chi connectivity index (χ0n) is 14.5. The molecule has 1 fully saturated rings. The van der Waals surface area contributed by atoms with Gasteiger partial charge in [0.15, 0.2) is 0 Å². The summed E-state index contributed by atoms with van der Waals surface area (Å²) >= 11 is 0. The van der Waals surface area contributed by atoms with E-state index < -0.39 is 0 Å². The molecule has 0 bridgehead atoms. The van der Waals surface area contributed by atoms with E-state index in [9.17, 15) is 9.18 Å². The summed E-state index contributed by atoms with van der Waals surface area (Å²) in [6.45, 7) is 9.80. The zero-order chi connectivity index (χ0) is 17.5. The van der Waals surface area contributed by atoms with Gasteiger partial charge >= 0.3 is 0 Å². The van der Waals surface area contributed by atoms with Crippen LogP contribution < -0.4 is 5.32 Å². The SMILES string of the molecule is C=Cc1c(F)ccc2nc(NC(=O)CC(C)(C)C)n(C3CCC3)c12. The quantitative estimate of drug-likeness (QED) is 0.865. The average Bonchev–Trinajstić information content (AvgIpc) is 2.73. The molecule has 0 aliphatic heterocycles. The van der Waals surface area contributed by atoms with Crippen LogP contribution in [0.15, 0.2) is 18.7 Å². The first kappa shape index (κ1) is 16.7. The summed E-state index contributed by atoms with van der Waals surface area (Å²) in [6, 6.07) is 3.31. The molecule has 1 amide bonds. The molecule has 0 radical (unpaired) electrons. The number of hydrogen-bond acceptors (Lipinski definition) is 2. The highest BCUT2D eigenvalue weighted by Gasteiger charge is 2.27. The minimum Gasteiger partial charge on any atom is -0.306 e. The number of benzene rings is 1. The van der Waals surface area contributed by atoms with E-state index in [-0.39, 0.29) is 23.2 Å². The Labute approximate surface area is 141 Å². The van der Waals surface area contributed by atoms with E-state index >= 15 is 0 Å². The van der Waals surface area contributed by atoms with Gasteiger partial charge < -0.3 is 4.57 Å². The van der Waals surface area contributed by atoms with E-state index in [0.717, 1.165) is 24.8 Å². The van der Waals surface area contributed by atoms with Crippen LogP contribution in [-0.4, -0.2) is 15.5 Å². The number of nitrogens with one attached hydrogen (secondary N) is 1. The summed E-state index contributed by atoms with van der Waals surface area (Å²) in [4.78, 5) is 16.9. The van der Waals surface area contributed by atoms with Crippen molar-refractivity contribution in [2.24, 2.45) is 5.41 Å². The molecule has 2 aromatic rings. The number of carbonyl (C=O) groups excluding carboxylic acids is 1. The van der Waals surface area contributed by atoms with Gasteiger partial charge in [-0.2, -0.15) is 0 Å². The molecule has 0 unspecified atom stereocenters. The van der Waals surface area contributed by atoms with Gasteiger partial charge in [-0.3, -0.25) is 10.1 Å². The zero-order valence-corrected chi connectivity index (χ0v) is 14.5. The summed E-state index contributed by atoms with van der Waals surface area (Å²) in [5.74, 6) is 0.127. The van der Waals surface area contributed by atoms with Crippen molar-refractivity contribution in [2.75, 3.05) is 5.32 Å². The van der Waals surface area contributed by atoms with Crippen molar-refractivity contribution in [3.05, 3.63) is 30.1 Å².